The summed E-state index contributed by atoms with van der Waals surface area (Å²) in [4.78, 5) is 25.7. The molecule has 1 aromatic carbocycles. The number of rotatable bonds is 4. The first-order valence-electron chi connectivity index (χ1n) is 10.3. The maximum Gasteiger partial charge on any atom is 0.333 e. The first-order chi connectivity index (χ1) is 13.8. The number of anilines is 1. The Bertz CT molecular complexity index is 952. The number of amides is 3. The van der Waals surface area contributed by atoms with Crippen molar-refractivity contribution in [2.45, 2.75) is 64.3 Å². The van der Waals surface area contributed by atoms with Crippen molar-refractivity contribution < 1.29 is 18.0 Å². The molecular weight excluding hydrogens is 390 g/mol. The fraction of sp³-hybridized carbons (Fsp3) is 0.524. The Hall–Kier alpha value is -2.35. The summed E-state index contributed by atoms with van der Waals surface area (Å²) in [7, 11) is -3.95. The third-order valence-electron chi connectivity index (χ3n) is 6.13. The van der Waals surface area contributed by atoms with Crippen molar-refractivity contribution >= 4 is 27.6 Å². The Morgan fingerprint density at radius 3 is 2.34 bits per heavy atom. The maximum absolute atomic E-state index is 12.5. The Morgan fingerprint density at radius 2 is 1.72 bits per heavy atom. The summed E-state index contributed by atoms with van der Waals surface area (Å²) in [6.07, 6.45) is 9.00. The Kier molecular flexibility index (Phi) is 5.38. The number of hydrogen-bond donors (Lipinski definition) is 2. The topological polar surface area (TPSA) is 95.6 Å². The molecule has 3 amide bonds. The molecule has 1 saturated heterocycles. The molecule has 2 N–H and O–H groups in total. The van der Waals surface area contributed by atoms with Crippen LogP contribution in [-0.4, -0.2) is 37.8 Å². The molecule has 29 heavy (non-hydrogen) atoms. The standard InChI is InChI=1S/C21H27N3O4S/c1-14(25)24-11-4-7-17(24)10-12-29(27,28)23-21(26)22-20-18-8-2-5-15(18)13-16-6-3-9-19(16)20/h10,12-13,17H,2-9,11H2,1H3,(H2,22,23,26)/b12-10+/t17-/m0/s1. The number of sulfonamides is 1. The molecule has 1 heterocycles. The van der Waals surface area contributed by atoms with E-state index in [0.717, 1.165) is 73.6 Å². The van der Waals surface area contributed by atoms with Crippen molar-refractivity contribution in [2.24, 2.45) is 0 Å². The molecule has 2 aliphatic carbocycles. The summed E-state index contributed by atoms with van der Waals surface area (Å²) < 4.78 is 26.8. The number of likely N-dealkylation sites (tertiary alicyclic amines) is 1. The summed E-state index contributed by atoms with van der Waals surface area (Å²) >= 11 is 0. The maximum atomic E-state index is 12.5. The molecule has 156 valence electrons. The number of benzene rings is 1. The minimum Gasteiger partial charge on any atom is -0.336 e. The van der Waals surface area contributed by atoms with Crippen LogP contribution in [0.15, 0.2) is 17.6 Å². The number of hydrogen-bond acceptors (Lipinski definition) is 4. The van der Waals surface area contributed by atoms with Gasteiger partial charge in [-0.3, -0.25) is 4.79 Å². The monoisotopic (exact) mass is 417 g/mol. The van der Waals surface area contributed by atoms with Gasteiger partial charge in [-0.15, -0.1) is 0 Å². The Labute approximate surface area is 171 Å². The number of urea groups is 1. The summed E-state index contributed by atoms with van der Waals surface area (Å²) in [5.74, 6) is -0.0768. The average Bonchev–Trinajstić information content (AvgIpc) is 3.39. The zero-order chi connectivity index (χ0) is 20.6. The van der Waals surface area contributed by atoms with Crippen LogP contribution in [0.25, 0.3) is 0 Å². The quantitative estimate of drug-likeness (QED) is 0.787. The number of fused-ring (bicyclic) bond motifs is 2. The molecule has 7 nitrogen and oxygen atoms in total. The molecule has 4 rings (SSSR count). The predicted octanol–water partition coefficient (Wildman–Crippen LogP) is 2.64. The highest BCUT2D eigenvalue weighted by molar-refractivity contribution is 7.92. The molecule has 0 aromatic heterocycles. The zero-order valence-corrected chi connectivity index (χ0v) is 17.5. The third-order valence-corrected chi connectivity index (χ3v) is 7.12. The van der Waals surface area contributed by atoms with Gasteiger partial charge in [-0.1, -0.05) is 6.07 Å². The summed E-state index contributed by atoms with van der Waals surface area (Å²) in [5, 5.41) is 3.82. The first-order valence-corrected chi connectivity index (χ1v) is 11.8. The highest BCUT2D eigenvalue weighted by Crippen LogP contribution is 2.38. The lowest BCUT2D eigenvalue weighted by Gasteiger charge is -2.20. The van der Waals surface area contributed by atoms with Gasteiger partial charge in [0.1, 0.15) is 0 Å². The normalized spacial score (nSPS) is 20.7. The van der Waals surface area contributed by atoms with Gasteiger partial charge in [0.25, 0.3) is 10.0 Å². The van der Waals surface area contributed by atoms with E-state index in [-0.39, 0.29) is 11.9 Å². The molecular formula is C21H27N3O4S. The van der Waals surface area contributed by atoms with Gasteiger partial charge in [0.15, 0.2) is 0 Å². The van der Waals surface area contributed by atoms with Crippen LogP contribution >= 0.6 is 0 Å². The molecule has 0 unspecified atom stereocenters. The second kappa shape index (κ2) is 7.82. The van der Waals surface area contributed by atoms with Crippen molar-refractivity contribution in [3.8, 4) is 0 Å². The molecule has 0 saturated carbocycles. The van der Waals surface area contributed by atoms with E-state index in [9.17, 15) is 18.0 Å². The number of nitrogens with zero attached hydrogens (tertiary/aromatic N) is 1. The lowest BCUT2D eigenvalue weighted by molar-refractivity contribution is -0.128. The van der Waals surface area contributed by atoms with Crippen LogP contribution < -0.4 is 10.0 Å². The molecule has 1 fully saturated rings. The molecule has 0 spiro atoms. The smallest absolute Gasteiger partial charge is 0.333 e. The van der Waals surface area contributed by atoms with Gasteiger partial charge in [-0.25, -0.2) is 17.9 Å². The van der Waals surface area contributed by atoms with Crippen LogP contribution in [0.5, 0.6) is 0 Å². The summed E-state index contributed by atoms with van der Waals surface area (Å²) in [6.45, 7) is 2.10. The van der Waals surface area contributed by atoms with E-state index >= 15 is 0 Å². The molecule has 0 radical (unpaired) electrons. The SMILES string of the molecule is CC(=O)N1CCC[C@H]1/C=C/S(=O)(=O)NC(=O)Nc1c2c(cc3c1CCC3)CCC2. The zero-order valence-electron chi connectivity index (χ0n) is 16.7. The molecule has 0 bridgehead atoms. The molecule has 1 atom stereocenters. The van der Waals surface area contributed by atoms with E-state index in [2.05, 4.69) is 16.1 Å². The second-order valence-corrected chi connectivity index (χ2v) is 9.65. The van der Waals surface area contributed by atoms with Gasteiger partial charge in [-0.05, 0) is 79.7 Å². The van der Waals surface area contributed by atoms with Crippen LogP contribution in [0, 0.1) is 0 Å². The minimum atomic E-state index is -3.95. The minimum absolute atomic E-state index is 0.0768. The third kappa shape index (κ3) is 4.17. The summed E-state index contributed by atoms with van der Waals surface area (Å²) in [6, 6.07) is 1.28. The van der Waals surface area contributed by atoms with E-state index in [0.29, 0.717) is 6.54 Å². The van der Waals surface area contributed by atoms with E-state index < -0.39 is 16.1 Å². The van der Waals surface area contributed by atoms with Crippen molar-refractivity contribution in [2.75, 3.05) is 11.9 Å². The highest BCUT2D eigenvalue weighted by atomic mass is 32.2. The van der Waals surface area contributed by atoms with Crippen LogP contribution in [0.3, 0.4) is 0 Å². The fourth-order valence-electron chi connectivity index (χ4n) is 4.85. The molecule has 1 aromatic rings. The molecule has 1 aliphatic heterocycles. The molecule has 3 aliphatic rings. The fourth-order valence-corrected chi connectivity index (χ4v) is 5.61. The van der Waals surface area contributed by atoms with E-state index in [1.165, 1.54) is 24.1 Å². The lowest BCUT2D eigenvalue weighted by atomic mass is 9.99. The molecule has 8 heteroatoms. The van der Waals surface area contributed by atoms with Crippen molar-refractivity contribution in [3.05, 3.63) is 39.8 Å². The van der Waals surface area contributed by atoms with Gasteiger partial charge in [-0.2, -0.15) is 0 Å². The largest absolute Gasteiger partial charge is 0.336 e. The van der Waals surface area contributed by atoms with Crippen LogP contribution in [0.4, 0.5) is 10.5 Å². The Morgan fingerprint density at radius 1 is 1.07 bits per heavy atom. The van der Waals surface area contributed by atoms with Gasteiger partial charge in [0, 0.05) is 24.6 Å². The van der Waals surface area contributed by atoms with E-state index in [4.69, 9.17) is 0 Å². The first kappa shape index (κ1) is 19.9. The van der Waals surface area contributed by atoms with E-state index in [1.54, 1.807) is 4.90 Å². The second-order valence-electron chi connectivity index (χ2n) is 8.09. The predicted molar refractivity (Wildman–Crippen MR) is 111 cm³/mol. The van der Waals surface area contributed by atoms with Gasteiger partial charge in [0.05, 0.1) is 6.04 Å². The van der Waals surface area contributed by atoms with Gasteiger partial charge >= 0.3 is 6.03 Å². The number of carbonyl (C=O) groups excluding carboxylic acids is 2. The highest BCUT2D eigenvalue weighted by Gasteiger charge is 2.27. The number of carbonyl (C=O) groups is 2. The van der Waals surface area contributed by atoms with Crippen molar-refractivity contribution in [1.29, 1.82) is 0 Å². The number of aryl methyl sites for hydroxylation is 2. The van der Waals surface area contributed by atoms with Crippen LogP contribution in [0.1, 0.15) is 54.9 Å². The lowest BCUT2D eigenvalue weighted by Crippen LogP contribution is -2.35. The average molecular weight is 418 g/mol. The van der Waals surface area contributed by atoms with Crippen molar-refractivity contribution in [1.82, 2.24) is 9.62 Å². The number of nitrogens with one attached hydrogen (secondary N) is 2. The van der Waals surface area contributed by atoms with Crippen molar-refractivity contribution in [3.63, 3.8) is 0 Å². The van der Waals surface area contributed by atoms with Gasteiger partial charge < -0.3 is 10.2 Å². The Balaban J connectivity index is 1.46. The van der Waals surface area contributed by atoms with Gasteiger partial charge in [0.2, 0.25) is 5.91 Å². The van der Waals surface area contributed by atoms with Crippen LogP contribution in [0.2, 0.25) is 0 Å². The summed E-state index contributed by atoms with van der Waals surface area (Å²) in [5.41, 5.74) is 5.65. The van der Waals surface area contributed by atoms with Crippen LogP contribution in [-0.2, 0) is 40.5 Å². The van der Waals surface area contributed by atoms with E-state index in [1.807, 2.05) is 0 Å².